The fourth-order valence-electron chi connectivity index (χ4n) is 2.84. The number of halogens is 2. The van der Waals surface area contributed by atoms with Crippen LogP contribution in [0.4, 0.5) is 5.69 Å². The number of pyridine rings is 1. The number of anilines is 1. The maximum atomic E-state index is 12.1. The molecule has 1 aromatic carbocycles. The third-order valence-electron chi connectivity index (χ3n) is 4.15. The number of hydrogen-bond donors (Lipinski definition) is 0. The maximum Gasteiger partial charge on any atom is 0.255 e. The Morgan fingerprint density at radius 1 is 1.18 bits per heavy atom. The standard InChI is InChI=1S/C19H10Cl2N4O3/c20-13-5-11(25-18(27)7-17(26)16(8-22)24-25)6-14(21)19(13)28-12-4-10-2-1-3-15(10)23-9-12/h1-2,4-6,9H,3,7H2. The minimum atomic E-state index is -0.626. The second-order valence-corrected chi connectivity index (χ2v) is 6.83. The Balaban J connectivity index is 1.67. The van der Waals surface area contributed by atoms with Gasteiger partial charge in [0.2, 0.25) is 11.5 Å². The summed E-state index contributed by atoms with van der Waals surface area (Å²) in [7, 11) is 0. The molecular formula is C19H10Cl2N4O3. The average molecular weight is 413 g/mol. The van der Waals surface area contributed by atoms with E-state index in [1.54, 1.807) is 12.3 Å². The van der Waals surface area contributed by atoms with Gasteiger partial charge < -0.3 is 4.74 Å². The number of ether oxygens (including phenoxy) is 1. The van der Waals surface area contributed by atoms with Crippen LogP contribution < -0.4 is 9.75 Å². The molecule has 1 aliphatic carbocycles. The van der Waals surface area contributed by atoms with Crippen LogP contribution in [0.5, 0.6) is 11.5 Å². The van der Waals surface area contributed by atoms with Crippen molar-refractivity contribution in [2.75, 3.05) is 5.01 Å². The van der Waals surface area contributed by atoms with Gasteiger partial charge in [0, 0.05) is 6.42 Å². The quantitative estimate of drug-likeness (QED) is 0.711. The third-order valence-corrected chi connectivity index (χ3v) is 4.71. The van der Waals surface area contributed by atoms with Crippen molar-refractivity contribution in [3.63, 3.8) is 0 Å². The topological polar surface area (TPSA) is 95.7 Å². The molecule has 4 rings (SSSR count). The fourth-order valence-corrected chi connectivity index (χ4v) is 3.39. The summed E-state index contributed by atoms with van der Waals surface area (Å²) in [5.74, 6) is -0.550. The number of amides is 1. The molecule has 0 saturated carbocycles. The summed E-state index contributed by atoms with van der Waals surface area (Å²) in [5.41, 5.74) is 1.79. The maximum absolute atomic E-state index is 12.1. The summed E-state index contributed by atoms with van der Waals surface area (Å²) in [5, 5.41) is 14.0. The average Bonchev–Trinajstić information content (AvgIpc) is 3.12. The largest absolute Gasteiger partial charge is 0.453 e. The number of hydrogen-bond acceptors (Lipinski definition) is 6. The number of hydrazone groups is 1. The molecule has 28 heavy (non-hydrogen) atoms. The summed E-state index contributed by atoms with van der Waals surface area (Å²) < 4.78 is 5.79. The Kier molecular flexibility index (Phi) is 4.59. The van der Waals surface area contributed by atoms with Gasteiger partial charge in [0.05, 0.1) is 34.0 Å². The van der Waals surface area contributed by atoms with Gasteiger partial charge in [-0.2, -0.15) is 15.4 Å². The van der Waals surface area contributed by atoms with E-state index in [9.17, 15) is 9.59 Å². The number of fused-ring (bicyclic) bond motifs is 1. The predicted octanol–water partition coefficient (Wildman–Crippen LogP) is 3.94. The molecule has 0 spiro atoms. The van der Waals surface area contributed by atoms with Crippen molar-refractivity contribution in [1.82, 2.24) is 4.98 Å². The molecule has 0 unspecified atom stereocenters. The van der Waals surface area contributed by atoms with Crippen LogP contribution in [0.2, 0.25) is 10.0 Å². The van der Waals surface area contributed by atoms with E-state index in [1.807, 2.05) is 18.2 Å². The van der Waals surface area contributed by atoms with Crippen LogP contribution in [0, 0.1) is 11.3 Å². The zero-order chi connectivity index (χ0) is 19.8. The summed E-state index contributed by atoms with van der Waals surface area (Å²) in [6, 6.07) is 6.35. The van der Waals surface area contributed by atoms with Gasteiger partial charge >= 0.3 is 0 Å². The van der Waals surface area contributed by atoms with E-state index >= 15 is 0 Å². The summed E-state index contributed by atoms with van der Waals surface area (Å²) in [6.45, 7) is 0. The van der Waals surface area contributed by atoms with E-state index in [4.69, 9.17) is 33.2 Å². The van der Waals surface area contributed by atoms with E-state index in [1.165, 1.54) is 12.1 Å². The second kappa shape index (κ2) is 7.08. The van der Waals surface area contributed by atoms with Crippen molar-refractivity contribution in [2.45, 2.75) is 12.8 Å². The molecule has 2 aliphatic rings. The first-order chi connectivity index (χ1) is 13.5. The minimum Gasteiger partial charge on any atom is -0.453 e. The zero-order valence-electron chi connectivity index (χ0n) is 14.1. The second-order valence-electron chi connectivity index (χ2n) is 6.02. The lowest BCUT2D eigenvalue weighted by Crippen LogP contribution is -2.36. The van der Waals surface area contributed by atoms with Crippen molar-refractivity contribution in [3.8, 4) is 17.6 Å². The molecule has 2 aromatic rings. The van der Waals surface area contributed by atoms with Crippen molar-refractivity contribution >= 4 is 52.4 Å². The summed E-state index contributed by atoms with van der Waals surface area (Å²) in [4.78, 5) is 28.1. The van der Waals surface area contributed by atoms with Crippen LogP contribution in [0.3, 0.4) is 0 Å². The Hall–Kier alpha value is -3.21. The first-order valence-corrected chi connectivity index (χ1v) is 8.89. The smallest absolute Gasteiger partial charge is 0.255 e. The van der Waals surface area contributed by atoms with Gasteiger partial charge in [0.15, 0.2) is 5.75 Å². The lowest BCUT2D eigenvalue weighted by Gasteiger charge is -2.22. The van der Waals surface area contributed by atoms with Gasteiger partial charge in [-0.15, -0.1) is 0 Å². The normalized spacial score (nSPS) is 15.3. The number of aromatic nitrogens is 1. The fraction of sp³-hybridized carbons (Fsp3) is 0.105. The van der Waals surface area contributed by atoms with Crippen LogP contribution in [0.15, 0.2) is 35.6 Å². The number of carbonyl (C=O) groups is 2. The van der Waals surface area contributed by atoms with Crippen LogP contribution >= 0.6 is 23.2 Å². The van der Waals surface area contributed by atoms with Crippen molar-refractivity contribution in [1.29, 1.82) is 5.26 Å². The molecule has 0 radical (unpaired) electrons. The van der Waals surface area contributed by atoms with E-state index in [-0.39, 0.29) is 27.2 Å². The molecule has 0 atom stereocenters. The zero-order valence-corrected chi connectivity index (χ0v) is 15.7. The molecule has 0 fully saturated rings. The summed E-state index contributed by atoms with van der Waals surface area (Å²) >= 11 is 12.6. The number of carbonyl (C=O) groups excluding carboxylic acids is 2. The van der Waals surface area contributed by atoms with Crippen LogP contribution in [0.25, 0.3) is 6.08 Å². The number of allylic oxidation sites excluding steroid dienone is 1. The highest BCUT2D eigenvalue weighted by Crippen LogP contribution is 2.40. The first-order valence-electron chi connectivity index (χ1n) is 8.13. The van der Waals surface area contributed by atoms with E-state index in [0.29, 0.717) is 5.75 Å². The Bertz CT molecular complexity index is 1110. The number of rotatable bonds is 3. The highest BCUT2D eigenvalue weighted by molar-refractivity contribution is 6.50. The van der Waals surface area contributed by atoms with Gasteiger partial charge in [0.1, 0.15) is 11.8 Å². The molecule has 0 bridgehead atoms. The Labute approximate surface area is 169 Å². The van der Waals surface area contributed by atoms with Crippen molar-refractivity contribution in [3.05, 3.63) is 51.8 Å². The molecule has 9 heteroatoms. The van der Waals surface area contributed by atoms with Gasteiger partial charge in [-0.25, -0.2) is 0 Å². The molecule has 2 heterocycles. The number of ketones is 1. The van der Waals surface area contributed by atoms with Crippen LogP contribution in [-0.4, -0.2) is 22.4 Å². The lowest BCUT2D eigenvalue weighted by molar-refractivity contribution is -0.124. The lowest BCUT2D eigenvalue weighted by atomic mass is 10.1. The molecule has 7 nitrogen and oxygen atoms in total. The van der Waals surface area contributed by atoms with E-state index in [2.05, 4.69) is 10.1 Å². The molecule has 1 aliphatic heterocycles. The molecule has 1 aromatic heterocycles. The van der Waals surface area contributed by atoms with E-state index < -0.39 is 18.1 Å². The molecule has 0 N–H and O–H groups in total. The first kappa shape index (κ1) is 18.2. The Morgan fingerprint density at radius 3 is 2.64 bits per heavy atom. The van der Waals surface area contributed by atoms with Gasteiger partial charge in [-0.05, 0) is 23.8 Å². The van der Waals surface area contributed by atoms with Crippen LogP contribution in [-0.2, 0) is 16.0 Å². The van der Waals surface area contributed by atoms with Crippen LogP contribution in [0.1, 0.15) is 17.7 Å². The van der Waals surface area contributed by atoms with Gasteiger partial charge in [-0.1, -0.05) is 35.4 Å². The third kappa shape index (κ3) is 3.24. The molecule has 138 valence electrons. The highest BCUT2D eigenvalue weighted by Gasteiger charge is 2.29. The van der Waals surface area contributed by atoms with Gasteiger partial charge in [0.25, 0.3) is 5.91 Å². The molecule has 0 saturated heterocycles. The van der Waals surface area contributed by atoms with Gasteiger partial charge in [-0.3, -0.25) is 14.6 Å². The van der Waals surface area contributed by atoms with Crippen molar-refractivity contribution in [2.24, 2.45) is 5.10 Å². The van der Waals surface area contributed by atoms with E-state index in [0.717, 1.165) is 22.7 Å². The number of benzene rings is 1. The number of nitrogens with zero attached hydrogens (tertiary/aromatic N) is 4. The molecule has 1 amide bonds. The predicted molar refractivity (Wildman–Crippen MR) is 104 cm³/mol. The molecular weight excluding hydrogens is 403 g/mol. The number of Topliss-reactive ketones (excluding diaryl/α,β-unsaturated/α-hetero) is 1. The van der Waals surface area contributed by atoms with Crippen molar-refractivity contribution < 1.29 is 14.3 Å². The summed E-state index contributed by atoms with van der Waals surface area (Å²) in [6.07, 6.45) is 5.87. The SMILES string of the molecule is N#CC1=NN(c2cc(Cl)c(Oc3cnc4c(c3)C=CC4)c(Cl)c2)C(=O)CC1=O. The Morgan fingerprint density at radius 2 is 1.93 bits per heavy atom. The monoisotopic (exact) mass is 412 g/mol. The highest BCUT2D eigenvalue weighted by atomic mass is 35.5. The number of nitriles is 1. The minimum absolute atomic E-state index is 0.136.